The lowest BCUT2D eigenvalue weighted by molar-refractivity contribution is -0.152. The highest BCUT2D eigenvalue weighted by Gasteiger charge is 2.36. The Morgan fingerprint density at radius 3 is 2.55 bits per heavy atom. The van der Waals surface area contributed by atoms with Gasteiger partial charge in [-0.05, 0) is 51.0 Å². The van der Waals surface area contributed by atoms with E-state index in [0.717, 1.165) is 31.7 Å². The van der Waals surface area contributed by atoms with E-state index in [4.69, 9.17) is 9.47 Å². The fourth-order valence-electron chi connectivity index (χ4n) is 2.74. The van der Waals surface area contributed by atoms with Crippen LogP contribution >= 0.6 is 0 Å². The van der Waals surface area contributed by atoms with Gasteiger partial charge in [0, 0.05) is 0 Å². The monoisotopic (exact) mass is 285 g/mol. The molecule has 0 saturated heterocycles. The minimum atomic E-state index is -0.739. The smallest absolute Gasteiger partial charge is 0.328 e. The van der Waals surface area contributed by atoms with E-state index in [1.54, 1.807) is 0 Å². The highest BCUT2D eigenvalue weighted by atomic mass is 16.5. The quantitative estimate of drug-likeness (QED) is 0.731. The van der Waals surface area contributed by atoms with Crippen LogP contribution in [-0.2, 0) is 14.3 Å². The molecule has 0 spiro atoms. The largest absolute Gasteiger partial charge is 0.468 e. The number of ether oxygens (including phenoxy) is 2. The maximum absolute atomic E-state index is 12.0. The summed E-state index contributed by atoms with van der Waals surface area (Å²) in [6.07, 6.45) is 4.64. The van der Waals surface area contributed by atoms with Gasteiger partial charge in [0.25, 0.3) is 0 Å². The van der Waals surface area contributed by atoms with Gasteiger partial charge in [0.2, 0.25) is 0 Å². The van der Waals surface area contributed by atoms with E-state index in [9.17, 15) is 4.79 Å². The summed E-state index contributed by atoms with van der Waals surface area (Å²) in [4.78, 5) is 12.0. The SMILES string of the molecule is CCCNC(C)(COC1CCC(C)C(C)C1)C(=O)OC. The Morgan fingerprint density at radius 2 is 2.00 bits per heavy atom. The molecule has 0 aromatic heterocycles. The predicted molar refractivity (Wildman–Crippen MR) is 80.6 cm³/mol. The summed E-state index contributed by atoms with van der Waals surface area (Å²) in [5.41, 5.74) is -0.739. The normalized spacial score (nSPS) is 29.8. The Labute approximate surface area is 123 Å². The summed E-state index contributed by atoms with van der Waals surface area (Å²) in [6, 6.07) is 0. The molecule has 0 heterocycles. The van der Waals surface area contributed by atoms with Crippen molar-refractivity contribution in [3.63, 3.8) is 0 Å². The second-order valence-corrected chi connectivity index (χ2v) is 6.45. The van der Waals surface area contributed by atoms with Gasteiger partial charge in [-0.2, -0.15) is 0 Å². The van der Waals surface area contributed by atoms with Crippen molar-refractivity contribution in [2.75, 3.05) is 20.3 Å². The molecule has 0 aromatic carbocycles. The van der Waals surface area contributed by atoms with Gasteiger partial charge in [-0.3, -0.25) is 0 Å². The second kappa shape index (κ2) is 7.99. The van der Waals surface area contributed by atoms with Gasteiger partial charge in [0.05, 0.1) is 19.8 Å². The van der Waals surface area contributed by atoms with Crippen LogP contribution in [0.2, 0.25) is 0 Å². The molecular weight excluding hydrogens is 254 g/mol. The maximum atomic E-state index is 12.0. The van der Waals surface area contributed by atoms with Gasteiger partial charge in [0.15, 0.2) is 0 Å². The topological polar surface area (TPSA) is 47.6 Å². The van der Waals surface area contributed by atoms with Crippen LogP contribution in [0, 0.1) is 11.8 Å². The average molecular weight is 285 g/mol. The van der Waals surface area contributed by atoms with Crippen LogP contribution in [0.5, 0.6) is 0 Å². The van der Waals surface area contributed by atoms with Gasteiger partial charge in [0.1, 0.15) is 5.54 Å². The number of esters is 1. The average Bonchev–Trinajstić information content (AvgIpc) is 2.45. The van der Waals surface area contributed by atoms with Crippen LogP contribution in [0.15, 0.2) is 0 Å². The minimum Gasteiger partial charge on any atom is -0.468 e. The summed E-state index contributed by atoms with van der Waals surface area (Å²) in [5.74, 6) is 1.23. The van der Waals surface area contributed by atoms with E-state index in [1.165, 1.54) is 13.5 Å². The Balaban J connectivity index is 2.51. The van der Waals surface area contributed by atoms with E-state index in [-0.39, 0.29) is 12.1 Å². The molecule has 1 aliphatic rings. The summed E-state index contributed by atoms with van der Waals surface area (Å²) >= 11 is 0. The molecule has 1 saturated carbocycles. The van der Waals surface area contributed by atoms with Gasteiger partial charge in [-0.25, -0.2) is 4.79 Å². The van der Waals surface area contributed by atoms with Crippen molar-refractivity contribution in [3.8, 4) is 0 Å². The van der Waals surface area contributed by atoms with Gasteiger partial charge >= 0.3 is 5.97 Å². The number of methoxy groups -OCH3 is 1. The third-order valence-electron chi connectivity index (χ3n) is 4.56. The highest BCUT2D eigenvalue weighted by Crippen LogP contribution is 2.31. The summed E-state index contributed by atoms with van der Waals surface area (Å²) in [5, 5.41) is 3.26. The first-order chi connectivity index (χ1) is 9.42. The van der Waals surface area contributed by atoms with E-state index in [0.29, 0.717) is 12.5 Å². The molecule has 1 rings (SSSR count). The second-order valence-electron chi connectivity index (χ2n) is 6.45. The molecule has 0 aromatic rings. The van der Waals surface area contributed by atoms with E-state index < -0.39 is 5.54 Å². The summed E-state index contributed by atoms with van der Waals surface area (Å²) in [7, 11) is 1.43. The summed E-state index contributed by atoms with van der Waals surface area (Å²) < 4.78 is 10.9. The van der Waals surface area contributed by atoms with E-state index >= 15 is 0 Å². The number of rotatable bonds is 7. The Hall–Kier alpha value is -0.610. The van der Waals surface area contributed by atoms with Crippen LogP contribution in [-0.4, -0.2) is 37.9 Å². The van der Waals surface area contributed by atoms with Crippen molar-refractivity contribution in [1.29, 1.82) is 0 Å². The Kier molecular flexibility index (Phi) is 6.96. The van der Waals surface area contributed by atoms with E-state index in [1.807, 2.05) is 6.92 Å². The van der Waals surface area contributed by atoms with Crippen LogP contribution in [0.3, 0.4) is 0 Å². The Bertz CT molecular complexity index is 308. The van der Waals surface area contributed by atoms with Crippen LogP contribution < -0.4 is 5.32 Å². The number of carbonyl (C=O) groups excluding carboxylic acids is 1. The molecule has 1 fully saturated rings. The first-order valence-corrected chi connectivity index (χ1v) is 7.88. The number of carbonyl (C=O) groups is 1. The lowest BCUT2D eigenvalue weighted by Crippen LogP contribution is -2.54. The third kappa shape index (κ3) is 4.74. The van der Waals surface area contributed by atoms with Gasteiger partial charge in [-0.15, -0.1) is 0 Å². The van der Waals surface area contributed by atoms with E-state index in [2.05, 4.69) is 26.1 Å². The van der Waals surface area contributed by atoms with Crippen molar-refractivity contribution in [1.82, 2.24) is 5.32 Å². The fraction of sp³-hybridized carbons (Fsp3) is 0.938. The lowest BCUT2D eigenvalue weighted by Gasteiger charge is -2.35. The van der Waals surface area contributed by atoms with Crippen molar-refractivity contribution >= 4 is 5.97 Å². The number of nitrogens with one attached hydrogen (secondary N) is 1. The van der Waals surface area contributed by atoms with Crippen LogP contribution in [0.1, 0.15) is 53.4 Å². The molecule has 4 nitrogen and oxygen atoms in total. The lowest BCUT2D eigenvalue weighted by atomic mass is 9.80. The van der Waals surface area contributed by atoms with Crippen LogP contribution in [0.4, 0.5) is 0 Å². The fourth-order valence-corrected chi connectivity index (χ4v) is 2.74. The summed E-state index contributed by atoms with van der Waals surface area (Å²) in [6.45, 7) is 9.70. The maximum Gasteiger partial charge on any atom is 0.328 e. The van der Waals surface area contributed by atoms with Crippen molar-refractivity contribution in [2.45, 2.75) is 65.0 Å². The molecule has 0 radical (unpaired) electrons. The molecule has 4 unspecified atom stereocenters. The predicted octanol–water partition coefficient (Wildman–Crippen LogP) is 2.76. The molecular formula is C16H31NO3. The number of hydrogen-bond acceptors (Lipinski definition) is 4. The van der Waals surface area contributed by atoms with Crippen molar-refractivity contribution < 1.29 is 14.3 Å². The molecule has 0 amide bonds. The molecule has 0 bridgehead atoms. The minimum absolute atomic E-state index is 0.247. The zero-order valence-electron chi connectivity index (χ0n) is 13.7. The zero-order valence-corrected chi connectivity index (χ0v) is 13.7. The highest BCUT2D eigenvalue weighted by molar-refractivity contribution is 5.80. The van der Waals surface area contributed by atoms with Crippen molar-refractivity contribution in [3.05, 3.63) is 0 Å². The molecule has 1 N–H and O–H groups in total. The van der Waals surface area contributed by atoms with Gasteiger partial charge in [-0.1, -0.05) is 20.8 Å². The molecule has 0 aliphatic heterocycles. The molecule has 20 heavy (non-hydrogen) atoms. The first kappa shape index (κ1) is 17.4. The Morgan fingerprint density at radius 1 is 1.30 bits per heavy atom. The molecule has 4 heteroatoms. The molecule has 118 valence electrons. The first-order valence-electron chi connectivity index (χ1n) is 7.88. The van der Waals surface area contributed by atoms with Crippen LogP contribution in [0.25, 0.3) is 0 Å². The van der Waals surface area contributed by atoms with Gasteiger partial charge < -0.3 is 14.8 Å². The zero-order chi connectivity index (χ0) is 15.2. The van der Waals surface area contributed by atoms with Crippen molar-refractivity contribution in [2.24, 2.45) is 11.8 Å². The third-order valence-corrected chi connectivity index (χ3v) is 4.56. The molecule has 4 atom stereocenters. The number of hydrogen-bond donors (Lipinski definition) is 1. The standard InChI is InChI=1S/C16H31NO3/c1-6-9-17-16(4,15(18)19-5)11-20-14-8-7-12(2)13(3)10-14/h12-14,17H,6-11H2,1-5H3. The molecule has 1 aliphatic carbocycles.